The van der Waals surface area contributed by atoms with Crippen molar-refractivity contribution in [2.24, 2.45) is 5.41 Å². The monoisotopic (exact) mass is 273 g/mol. The third kappa shape index (κ3) is 2.55. The molecule has 92 valence electrons. The minimum atomic E-state index is -0.379. The van der Waals surface area contributed by atoms with E-state index in [1.165, 1.54) is 6.07 Å². The largest absolute Gasteiger partial charge is 0.274 e. The van der Waals surface area contributed by atoms with Crippen LogP contribution in [0.15, 0.2) is 18.2 Å². The minimum absolute atomic E-state index is 0.0396. The average Bonchev–Trinajstić information content (AvgIpc) is 3.01. The molecule has 0 radical (unpaired) electrons. The third-order valence-electron chi connectivity index (χ3n) is 3.52. The van der Waals surface area contributed by atoms with Crippen LogP contribution in [0.4, 0.5) is 5.69 Å². The highest BCUT2D eigenvalue weighted by Crippen LogP contribution is 2.54. The van der Waals surface area contributed by atoms with Gasteiger partial charge >= 0.3 is 0 Å². The van der Waals surface area contributed by atoms with Crippen LogP contribution in [0.5, 0.6) is 0 Å². The van der Waals surface area contributed by atoms with E-state index in [0.29, 0.717) is 11.4 Å². The summed E-state index contributed by atoms with van der Waals surface area (Å²) in [5.41, 5.74) is 0.866. The van der Waals surface area contributed by atoms with Crippen molar-refractivity contribution < 1.29 is 4.92 Å². The molecule has 17 heavy (non-hydrogen) atoms. The molecule has 0 heterocycles. The van der Waals surface area contributed by atoms with Crippen molar-refractivity contribution in [3.63, 3.8) is 0 Å². The Morgan fingerprint density at radius 1 is 1.53 bits per heavy atom. The maximum Gasteiger partial charge on any atom is 0.274 e. The first-order valence-corrected chi connectivity index (χ1v) is 6.33. The van der Waals surface area contributed by atoms with Crippen LogP contribution in [-0.2, 0) is 6.42 Å². The summed E-state index contributed by atoms with van der Waals surface area (Å²) in [6.45, 7) is 1.95. The molecule has 1 saturated carbocycles. The topological polar surface area (TPSA) is 43.1 Å². The van der Waals surface area contributed by atoms with Crippen LogP contribution in [0, 0.1) is 15.5 Å². The van der Waals surface area contributed by atoms with Gasteiger partial charge in [0, 0.05) is 22.0 Å². The molecule has 0 spiro atoms. The maximum atomic E-state index is 11.0. The predicted octanol–water partition coefficient (Wildman–Crippen LogP) is 4.20. The van der Waals surface area contributed by atoms with Gasteiger partial charge in [-0.2, -0.15) is 0 Å². The summed E-state index contributed by atoms with van der Waals surface area (Å²) >= 11 is 11.9. The van der Waals surface area contributed by atoms with E-state index < -0.39 is 0 Å². The Kier molecular flexibility index (Phi) is 3.32. The molecule has 1 aromatic carbocycles. The van der Waals surface area contributed by atoms with E-state index in [4.69, 9.17) is 23.2 Å². The van der Waals surface area contributed by atoms with Gasteiger partial charge in [-0.3, -0.25) is 10.1 Å². The zero-order valence-corrected chi connectivity index (χ0v) is 11.0. The van der Waals surface area contributed by atoms with E-state index in [1.54, 1.807) is 12.1 Å². The second-order valence-electron chi connectivity index (χ2n) is 4.69. The van der Waals surface area contributed by atoms with Gasteiger partial charge in [0.25, 0.3) is 5.69 Å². The molecule has 3 nitrogen and oxygen atoms in total. The molecule has 1 aliphatic rings. The smallest absolute Gasteiger partial charge is 0.258 e. The quantitative estimate of drug-likeness (QED) is 0.469. The van der Waals surface area contributed by atoms with E-state index in [-0.39, 0.29) is 21.4 Å². The van der Waals surface area contributed by atoms with Gasteiger partial charge in [-0.05, 0) is 37.7 Å². The van der Waals surface area contributed by atoms with Gasteiger partial charge in [-0.25, -0.2) is 0 Å². The fraction of sp³-hybridized carbons (Fsp3) is 0.500. The number of nitro benzene ring substituents is 1. The van der Waals surface area contributed by atoms with Gasteiger partial charge in [-0.15, -0.1) is 11.6 Å². The van der Waals surface area contributed by atoms with E-state index in [9.17, 15) is 10.1 Å². The SMILES string of the molecule is CC(Cl)C1(Cc2ccc(Cl)cc2[N+](=O)[O-])CC1. The number of rotatable bonds is 4. The van der Waals surface area contributed by atoms with Gasteiger partial charge in [0.05, 0.1) is 4.92 Å². The summed E-state index contributed by atoms with van der Waals surface area (Å²) in [6.07, 6.45) is 2.74. The molecule has 0 aromatic heterocycles. The second-order valence-corrected chi connectivity index (χ2v) is 5.78. The van der Waals surface area contributed by atoms with Crippen LogP contribution >= 0.6 is 23.2 Å². The van der Waals surface area contributed by atoms with Crippen molar-refractivity contribution in [3.8, 4) is 0 Å². The number of halogens is 2. The van der Waals surface area contributed by atoms with Crippen LogP contribution in [-0.4, -0.2) is 10.3 Å². The van der Waals surface area contributed by atoms with Gasteiger partial charge < -0.3 is 0 Å². The van der Waals surface area contributed by atoms with Crippen molar-refractivity contribution >= 4 is 28.9 Å². The number of hydrogen-bond acceptors (Lipinski definition) is 2. The zero-order valence-electron chi connectivity index (χ0n) is 9.45. The molecule has 0 amide bonds. The van der Waals surface area contributed by atoms with Gasteiger partial charge in [0.1, 0.15) is 0 Å². The molecule has 1 atom stereocenters. The van der Waals surface area contributed by atoms with E-state index in [1.807, 2.05) is 6.92 Å². The second kappa shape index (κ2) is 4.46. The van der Waals surface area contributed by atoms with Crippen molar-refractivity contribution in [1.82, 2.24) is 0 Å². The lowest BCUT2D eigenvalue weighted by Crippen LogP contribution is -2.16. The summed E-state index contributed by atoms with van der Waals surface area (Å²) in [5, 5.41) is 11.4. The summed E-state index contributed by atoms with van der Waals surface area (Å²) in [5.74, 6) is 0. The predicted molar refractivity (Wildman–Crippen MR) is 68.8 cm³/mol. The van der Waals surface area contributed by atoms with E-state index in [2.05, 4.69) is 0 Å². The van der Waals surface area contributed by atoms with Crippen molar-refractivity contribution in [1.29, 1.82) is 0 Å². The van der Waals surface area contributed by atoms with Gasteiger partial charge in [0.2, 0.25) is 0 Å². The molecular formula is C12H13Cl2NO2. The van der Waals surface area contributed by atoms with Crippen molar-refractivity contribution in [2.75, 3.05) is 0 Å². The Hall–Kier alpha value is -0.800. The lowest BCUT2D eigenvalue weighted by molar-refractivity contribution is -0.385. The molecule has 0 saturated heterocycles. The standard InChI is InChI=1S/C12H13Cl2NO2/c1-8(13)12(4-5-12)7-9-2-3-10(14)6-11(9)15(16)17/h2-3,6,8H,4-5,7H2,1H3. The van der Waals surface area contributed by atoms with Gasteiger partial charge in [-0.1, -0.05) is 17.7 Å². The number of hydrogen-bond donors (Lipinski definition) is 0. The van der Waals surface area contributed by atoms with Crippen molar-refractivity contribution in [2.45, 2.75) is 31.6 Å². The third-order valence-corrected chi connectivity index (χ3v) is 4.22. The molecule has 2 rings (SSSR count). The number of nitrogens with zero attached hydrogens (tertiary/aromatic N) is 1. The van der Waals surface area contributed by atoms with Crippen LogP contribution in [0.3, 0.4) is 0 Å². The minimum Gasteiger partial charge on any atom is -0.258 e. The Bertz CT molecular complexity index is 456. The highest BCUT2D eigenvalue weighted by molar-refractivity contribution is 6.30. The zero-order chi connectivity index (χ0) is 12.6. The van der Waals surface area contributed by atoms with Crippen LogP contribution in [0.2, 0.25) is 5.02 Å². The number of benzene rings is 1. The van der Waals surface area contributed by atoms with E-state index >= 15 is 0 Å². The summed E-state index contributed by atoms with van der Waals surface area (Å²) in [7, 11) is 0. The van der Waals surface area contributed by atoms with Crippen LogP contribution < -0.4 is 0 Å². The van der Waals surface area contributed by atoms with Gasteiger partial charge in [0.15, 0.2) is 0 Å². The maximum absolute atomic E-state index is 11.0. The Balaban J connectivity index is 2.30. The summed E-state index contributed by atoms with van der Waals surface area (Å²) in [4.78, 5) is 10.6. The van der Waals surface area contributed by atoms with Crippen LogP contribution in [0.25, 0.3) is 0 Å². The Labute approximate surface area is 110 Å². The highest BCUT2D eigenvalue weighted by atomic mass is 35.5. The normalized spacial score (nSPS) is 18.8. The summed E-state index contributed by atoms with van der Waals surface area (Å²) in [6, 6.07) is 4.84. The molecule has 1 aromatic rings. The van der Waals surface area contributed by atoms with Crippen molar-refractivity contribution in [3.05, 3.63) is 38.9 Å². The molecule has 5 heteroatoms. The first-order chi connectivity index (χ1) is 7.94. The molecule has 1 unspecified atom stereocenters. The molecule has 0 aliphatic heterocycles. The molecular weight excluding hydrogens is 261 g/mol. The molecule has 0 bridgehead atoms. The average molecular weight is 274 g/mol. The fourth-order valence-corrected chi connectivity index (χ4v) is 2.57. The summed E-state index contributed by atoms with van der Waals surface area (Å²) < 4.78 is 0. The lowest BCUT2D eigenvalue weighted by Gasteiger charge is -2.17. The number of nitro groups is 1. The molecule has 0 N–H and O–H groups in total. The lowest BCUT2D eigenvalue weighted by atomic mass is 9.92. The van der Waals surface area contributed by atoms with E-state index in [0.717, 1.165) is 18.4 Å². The first kappa shape index (κ1) is 12.7. The Morgan fingerprint density at radius 2 is 2.18 bits per heavy atom. The van der Waals surface area contributed by atoms with Crippen LogP contribution in [0.1, 0.15) is 25.3 Å². The molecule has 1 fully saturated rings. The molecule has 1 aliphatic carbocycles. The fourth-order valence-electron chi connectivity index (χ4n) is 2.11. The first-order valence-electron chi connectivity index (χ1n) is 5.51. The highest BCUT2D eigenvalue weighted by Gasteiger charge is 2.47. The number of alkyl halides is 1. The Morgan fingerprint density at radius 3 is 2.65 bits per heavy atom.